The molecule has 0 aliphatic heterocycles. The lowest BCUT2D eigenvalue weighted by Gasteiger charge is -2.26. The molecule has 1 heterocycles. The second kappa shape index (κ2) is 7.61. The molecule has 1 fully saturated rings. The molecule has 4 nitrogen and oxygen atoms in total. The molecule has 23 heavy (non-hydrogen) atoms. The van der Waals surface area contributed by atoms with E-state index < -0.39 is 12.9 Å². The van der Waals surface area contributed by atoms with Crippen LogP contribution < -0.4 is 5.32 Å². The van der Waals surface area contributed by atoms with Gasteiger partial charge in [-0.1, -0.05) is 39.2 Å². The smallest absolute Gasteiger partial charge is 0.223 e. The van der Waals surface area contributed by atoms with Crippen LogP contribution in [0.1, 0.15) is 69.0 Å². The highest BCUT2D eigenvalue weighted by molar-refractivity contribution is 7.62. The van der Waals surface area contributed by atoms with Gasteiger partial charge in [-0.2, -0.15) is 0 Å². The number of pyridine rings is 1. The third kappa shape index (κ3) is 4.91. The van der Waals surface area contributed by atoms with E-state index >= 15 is 0 Å². The van der Waals surface area contributed by atoms with E-state index in [0.717, 1.165) is 11.4 Å². The maximum Gasteiger partial charge on any atom is 0.223 e. The summed E-state index contributed by atoms with van der Waals surface area (Å²) < 4.78 is 12.7. The molecule has 0 aromatic carbocycles. The highest BCUT2D eigenvalue weighted by Crippen LogP contribution is 2.50. The number of amides is 1. The topological polar surface area (TPSA) is 59.1 Å². The Morgan fingerprint density at radius 3 is 2.43 bits per heavy atom. The Hall–Kier alpha value is -1.15. The van der Waals surface area contributed by atoms with Crippen LogP contribution in [0, 0.1) is 5.92 Å². The van der Waals surface area contributed by atoms with E-state index in [0.29, 0.717) is 5.92 Å². The Labute approximate surface area is 139 Å². The minimum Gasteiger partial charge on any atom is -0.341 e. The summed E-state index contributed by atoms with van der Waals surface area (Å²) in [7, 11) is -2.55. The molecular formula is C18H29N2O2P. The molecule has 1 amide bonds. The SMILES string of the molecule is CC(C)C(=O)NC(c1cccc(C2CCCCC2)n1)P(C)(C)=O. The number of aromatic nitrogens is 1. The first-order chi connectivity index (χ1) is 10.8. The summed E-state index contributed by atoms with van der Waals surface area (Å²) in [4.78, 5) is 16.9. The summed E-state index contributed by atoms with van der Waals surface area (Å²) in [6, 6.07) is 5.94. The van der Waals surface area contributed by atoms with E-state index in [-0.39, 0.29) is 11.8 Å². The van der Waals surface area contributed by atoms with Gasteiger partial charge in [-0.05, 0) is 38.3 Å². The number of carbonyl (C=O) groups excluding carboxylic acids is 1. The van der Waals surface area contributed by atoms with Gasteiger partial charge < -0.3 is 9.88 Å². The van der Waals surface area contributed by atoms with Crippen LogP contribution in [0.25, 0.3) is 0 Å². The lowest BCUT2D eigenvalue weighted by molar-refractivity contribution is -0.124. The van der Waals surface area contributed by atoms with Gasteiger partial charge in [0.05, 0.1) is 5.69 Å². The van der Waals surface area contributed by atoms with Crippen LogP contribution in [0.4, 0.5) is 0 Å². The van der Waals surface area contributed by atoms with E-state index in [1.54, 1.807) is 13.3 Å². The number of rotatable bonds is 5. The molecule has 1 aromatic heterocycles. The van der Waals surface area contributed by atoms with Crippen LogP contribution in [0.5, 0.6) is 0 Å². The highest BCUT2D eigenvalue weighted by Gasteiger charge is 2.29. The molecular weight excluding hydrogens is 307 g/mol. The van der Waals surface area contributed by atoms with Crippen molar-refractivity contribution in [3.63, 3.8) is 0 Å². The first-order valence-electron chi connectivity index (χ1n) is 8.61. The fourth-order valence-corrected chi connectivity index (χ4v) is 4.32. The zero-order chi connectivity index (χ0) is 17.0. The van der Waals surface area contributed by atoms with Crippen molar-refractivity contribution in [3.05, 3.63) is 29.6 Å². The maximum absolute atomic E-state index is 12.7. The Balaban J connectivity index is 2.28. The van der Waals surface area contributed by atoms with Gasteiger partial charge in [0, 0.05) is 17.5 Å². The van der Waals surface area contributed by atoms with Gasteiger partial charge in [0.25, 0.3) is 0 Å². The molecule has 1 atom stereocenters. The molecule has 5 heteroatoms. The van der Waals surface area contributed by atoms with Gasteiger partial charge in [0.2, 0.25) is 5.91 Å². The average molecular weight is 336 g/mol. The summed E-state index contributed by atoms with van der Waals surface area (Å²) >= 11 is 0. The van der Waals surface area contributed by atoms with Gasteiger partial charge in [-0.15, -0.1) is 0 Å². The number of hydrogen-bond acceptors (Lipinski definition) is 3. The van der Waals surface area contributed by atoms with Crippen LogP contribution >= 0.6 is 7.14 Å². The molecule has 1 aliphatic rings. The monoisotopic (exact) mass is 336 g/mol. The average Bonchev–Trinajstić information content (AvgIpc) is 2.52. The van der Waals surface area contributed by atoms with Crippen LogP contribution in [-0.2, 0) is 9.36 Å². The normalized spacial score (nSPS) is 18.0. The second-order valence-electron chi connectivity index (χ2n) is 7.32. The van der Waals surface area contributed by atoms with Crippen molar-refractivity contribution in [1.82, 2.24) is 10.3 Å². The lowest BCUT2D eigenvalue weighted by atomic mass is 9.86. The fourth-order valence-electron chi connectivity index (χ4n) is 3.10. The van der Waals surface area contributed by atoms with Crippen molar-refractivity contribution in [1.29, 1.82) is 0 Å². The molecule has 2 rings (SSSR count). The van der Waals surface area contributed by atoms with Crippen molar-refractivity contribution in [2.75, 3.05) is 13.3 Å². The van der Waals surface area contributed by atoms with Gasteiger partial charge in [-0.25, -0.2) is 0 Å². The van der Waals surface area contributed by atoms with Gasteiger partial charge in [0.15, 0.2) is 0 Å². The summed E-state index contributed by atoms with van der Waals surface area (Å²) in [5.74, 6) is -0.214. The Morgan fingerprint density at radius 1 is 1.22 bits per heavy atom. The van der Waals surface area contributed by atoms with E-state index in [4.69, 9.17) is 4.98 Å². The molecule has 0 spiro atoms. The zero-order valence-electron chi connectivity index (χ0n) is 14.7. The van der Waals surface area contributed by atoms with Crippen molar-refractivity contribution < 1.29 is 9.36 Å². The van der Waals surface area contributed by atoms with Crippen LogP contribution in [0.2, 0.25) is 0 Å². The van der Waals surface area contributed by atoms with Gasteiger partial charge in [-0.3, -0.25) is 9.78 Å². The van der Waals surface area contributed by atoms with Crippen LogP contribution in [0.3, 0.4) is 0 Å². The number of hydrogen-bond donors (Lipinski definition) is 1. The Kier molecular flexibility index (Phi) is 6.02. The van der Waals surface area contributed by atoms with E-state index in [2.05, 4.69) is 11.4 Å². The highest BCUT2D eigenvalue weighted by atomic mass is 31.2. The minimum atomic E-state index is -2.55. The fraction of sp³-hybridized carbons (Fsp3) is 0.667. The summed E-state index contributed by atoms with van der Waals surface area (Å²) in [6.07, 6.45) is 6.17. The van der Waals surface area contributed by atoms with E-state index in [9.17, 15) is 9.36 Å². The predicted molar refractivity (Wildman–Crippen MR) is 95.2 cm³/mol. The van der Waals surface area contributed by atoms with Crippen molar-refractivity contribution in [2.24, 2.45) is 5.92 Å². The maximum atomic E-state index is 12.7. The van der Waals surface area contributed by atoms with Gasteiger partial charge >= 0.3 is 0 Å². The third-order valence-electron chi connectivity index (χ3n) is 4.52. The molecule has 0 bridgehead atoms. The zero-order valence-corrected chi connectivity index (χ0v) is 15.6. The second-order valence-corrected chi connectivity index (χ2v) is 10.7. The first kappa shape index (κ1) is 18.2. The standard InChI is InChI=1S/C18H29N2O2P/c1-13(2)17(21)20-18(23(3,4)22)16-12-8-11-15(19-16)14-9-6-5-7-10-14/h8,11-14,18H,5-7,9-10H2,1-4H3,(H,20,21). The van der Waals surface area contributed by atoms with Crippen molar-refractivity contribution in [2.45, 2.75) is 57.7 Å². The van der Waals surface area contributed by atoms with Crippen molar-refractivity contribution in [3.8, 4) is 0 Å². The summed E-state index contributed by atoms with van der Waals surface area (Å²) in [5, 5.41) is 2.94. The molecule has 1 aromatic rings. The van der Waals surface area contributed by atoms with Crippen LogP contribution in [0.15, 0.2) is 18.2 Å². The molecule has 1 saturated carbocycles. The molecule has 0 radical (unpaired) electrons. The Morgan fingerprint density at radius 2 is 1.87 bits per heavy atom. The molecule has 1 N–H and O–H groups in total. The molecule has 1 unspecified atom stereocenters. The van der Waals surface area contributed by atoms with Crippen molar-refractivity contribution >= 4 is 13.0 Å². The quantitative estimate of drug-likeness (QED) is 0.804. The van der Waals surface area contributed by atoms with Crippen LogP contribution in [-0.4, -0.2) is 24.2 Å². The summed E-state index contributed by atoms with van der Waals surface area (Å²) in [5.41, 5.74) is 1.81. The minimum absolute atomic E-state index is 0.0798. The number of nitrogens with one attached hydrogen (secondary N) is 1. The third-order valence-corrected chi connectivity index (χ3v) is 6.16. The number of nitrogens with zero attached hydrogens (tertiary/aromatic N) is 1. The lowest BCUT2D eigenvalue weighted by Crippen LogP contribution is -2.32. The van der Waals surface area contributed by atoms with E-state index in [1.807, 2.05) is 26.0 Å². The molecule has 0 saturated heterocycles. The number of carbonyl (C=O) groups is 1. The largest absolute Gasteiger partial charge is 0.341 e. The van der Waals surface area contributed by atoms with Gasteiger partial charge in [0.1, 0.15) is 12.9 Å². The van der Waals surface area contributed by atoms with E-state index in [1.165, 1.54) is 32.1 Å². The molecule has 1 aliphatic carbocycles. The predicted octanol–water partition coefficient (Wildman–Crippen LogP) is 4.52. The Bertz CT molecular complexity index is 588. The molecule has 128 valence electrons. The first-order valence-corrected chi connectivity index (χ1v) is 11.3. The summed E-state index contributed by atoms with van der Waals surface area (Å²) in [6.45, 7) is 7.11.